The van der Waals surface area contributed by atoms with Gasteiger partial charge >= 0.3 is 12.2 Å². The number of hydrogen-bond acceptors (Lipinski definition) is 10. The quantitative estimate of drug-likeness (QED) is 0.252. The fourth-order valence-electron chi connectivity index (χ4n) is 4.94. The van der Waals surface area contributed by atoms with Crippen LogP contribution in [0.3, 0.4) is 0 Å². The summed E-state index contributed by atoms with van der Waals surface area (Å²) in [5.74, 6) is 0.424. The van der Waals surface area contributed by atoms with E-state index in [0.717, 1.165) is 6.20 Å². The lowest BCUT2D eigenvalue weighted by Crippen LogP contribution is -2.44. The number of ether oxygens (including phenoxy) is 1. The summed E-state index contributed by atoms with van der Waals surface area (Å²) in [4.78, 5) is 40.2. The molecule has 226 valence electrons. The van der Waals surface area contributed by atoms with Crippen LogP contribution in [0.4, 0.5) is 24.9 Å². The number of aromatic nitrogens is 8. The number of nitrogens with zero attached hydrogens (tertiary/aromatic N) is 8. The summed E-state index contributed by atoms with van der Waals surface area (Å²) < 4.78 is 45.9. The topological polar surface area (TPSA) is 148 Å². The van der Waals surface area contributed by atoms with E-state index < -0.39 is 17.4 Å². The molecule has 2 N–H and O–H groups in total. The van der Waals surface area contributed by atoms with Crippen molar-refractivity contribution >= 4 is 29.3 Å². The zero-order valence-corrected chi connectivity index (χ0v) is 24.0. The van der Waals surface area contributed by atoms with Crippen LogP contribution >= 0.6 is 11.6 Å². The Morgan fingerprint density at radius 2 is 1.79 bits per heavy atom. The van der Waals surface area contributed by atoms with E-state index in [9.17, 15) is 18.0 Å². The van der Waals surface area contributed by atoms with Crippen molar-refractivity contribution in [3.63, 3.8) is 0 Å². The fourth-order valence-corrected chi connectivity index (χ4v) is 5.12. The van der Waals surface area contributed by atoms with E-state index >= 15 is 0 Å². The van der Waals surface area contributed by atoms with Crippen LogP contribution < -0.4 is 15.0 Å². The standard InChI is InChI=1S/C27H28ClF3N10O2/c1-3-4-22(42)41(21-14-32-20(13-33-21)15-9-35-26(43-2)36-10-15)17-7-5-16(6-8-17)38-25-34-11-18(27(29,30)31)23(39-25)24-19(28)12-37-40-24/h9-14,16-17H,3-8H2,1-2H3,(H,37,40)(H,34,38,39)/t16-,17-. The van der Waals surface area contributed by atoms with Crippen LogP contribution in [-0.2, 0) is 11.0 Å². The molecule has 0 aliphatic heterocycles. The second-order valence-electron chi connectivity index (χ2n) is 9.92. The van der Waals surface area contributed by atoms with Crippen molar-refractivity contribution in [2.45, 2.75) is 63.7 Å². The van der Waals surface area contributed by atoms with Gasteiger partial charge in [0.15, 0.2) is 5.82 Å². The number of carbonyl (C=O) groups excluding carboxylic acids is 1. The van der Waals surface area contributed by atoms with Crippen molar-refractivity contribution in [3.8, 4) is 28.7 Å². The summed E-state index contributed by atoms with van der Waals surface area (Å²) in [6, 6.07) is -0.0159. The van der Waals surface area contributed by atoms with Crippen molar-refractivity contribution in [3.05, 3.63) is 47.8 Å². The Morgan fingerprint density at radius 3 is 2.37 bits per heavy atom. The lowest BCUT2D eigenvalue weighted by molar-refractivity contribution is -0.137. The van der Waals surface area contributed by atoms with Crippen LogP contribution in [-0.4, -0.2) is 65.2 Å². The number of aromatic amines is 1. The Hall–Kier alpha value is -4.40. The Balaban J connectivity index is 1.29. The SMILES string of the molecule is CCCC(=O)N(c1cnc(-c2cnc(OC)nc2)cn1)[C@H]1CC[C@H](Nc2ncc(C(F)(F)F)c(-c3n[nH]cc3Cl)n2)CC1. The van der Waals surface area contributed by atoms with Crippen LogP contribution in [0.1, 0.15) is 51.0 Å². The second-order valence-corrected chi connectivity index (χ2v) is 10.3. The van der Waals surface area contributed by atoms with E-state index in [2.05, 4.69) is 45.4 Å². The number of nitrogens with one attached hydrogen (secondary N) is 2. The largest absolute Gasteiger partial charge is 0.467 e. The lowest BCUT2D eigenvalue weighted by atomic mass is 9.90. The first kappa shape index (κ1) is 30.1. The van der Waals surface area contributed by atoms with Crippen molar-refractivity contribution in [2.24, 2.45) is 0 Å². The maximum atomic E-state index is 13.6. The van der Waals surface area contributed by atoms with Gasteiger partial charge in [0.25, 0.3) is 0 Å². The molecule has 43 heavy (non-hydrogen) atoms. The number of alkyl halides is 3. The third-order valence-corrected chi connectivity index (χ3v) is 7.32. The van der Waals surface area contributed by atoms with E-state index in [1.54, 1.807) is 29.7 Å². The first-order valence-electron chi connectivity index (χ1n) is 13.6. The molecule has 0 bridgehead atoms. The van der Waals surface area contributed by atoms with E-state index in [1.165, 1.54) is 13.3 Å². The van der Waals surface area contributed by atoms with Crippen LogP contribution in [0.5, 0.6) is 6.01 Å². The molecule has 4 heterocycles. The number of rotatable bonds is 9. The third kappa shape index (κ3) is 6.82. The zero-order valence-electron chi connectivity index (χ0n) is 23.3. The Kier molecular flexibility index (Phi) is 8.99. The molecule has 0 aromatic carbocycles. The minimum Gasteiger partial charge on any atom is -0.467 e. The minimum atomic E-state index is -4.69. The number of hydrogen-bond donors (Lipinski definition) is 2. The highest BCUT2D eigenvalue weighted by atomic mass is 35.5. The molecule has 1 fully saturated rings. The van der Waals surface area contributed by atoms with Crippen LogP contribution in [0.2, 0.25) is 5.02 Å². The van der Waals surface area contributed by atoms with Crippen molar-refractivity contribution in [1.29, 1.82) is 0 Å². The molecule has 1 saturated carbocycles. The van der Waals surface area contributed by atoms with Gasteiger partial charge in [-0.2, -0.15) is 18.3 Å². The van der Waals surface area contributed by atoms with Gasteiger partial charge in [0.2, 0.25) is 11.9 Å². The van der Waals surface area contributed by atoms with Gasteiger partial charge in [-0.15, -0.1) is 0 Å². The maximum absolute atomic E-state index is 13.6. The molecule has 0 saturated heterocycles. The minimum absolute atomic E-state index is 0.0148. The summed E-state index contributed by atoms with van der Waals surface area (Å²) in [5.41, 5.74) is -0.354. The zero-order chi connectivity index (χ0) is 30.6. The van der Waals surface area contributed by atoms with Gasteiger partial charge < -0.3 is 10.1 Å². The fraction of sp³-hybridized carbons (Fsp3) is 0.407. The highest BCUT2D eigenvalue weighted by molar-refractivity contribution is 6.32. The Bertz CT molecular complexity index is 1540. The summed E-state index contributed by atoms with van der Waals surface area (Å²) in [7, 11) is 1.48. The molecule has 1 amide bonds. The van der Waals surface area contributed by atoms with Crippen molar-refractivity contribution < 1.29 is 22.7 Å². The molecular weight excluding hydrogens is 589 g/mol. The summed E-state index contributed by atoms with van der Waals surface area (Å²) in [5, 5.41) is 9.45. The first-order valence-corrected chi connectivity index (χ1v) is 14.0. The maximum Gasteiger partial charge on any atom is 0.420 e. The average Bonchev–Trinajstić information content (AvgIpc) is 3.44. The van der Waals surface area contributed by atoms with Gasteiger partial charge in [0.1, 0.15) is 17.0 Å². The molecule has 5 rings (SSSR count). The highest BCUT2D eigenvalue weighted by Crippen LogP contribution is 2.38. The molecular formula is C27H28ClF3N10O2. The van der Waals surface area contributed by atoms with Gasteiger partial charge in [-0.05, 0) is 32.1 Å². The molecule has 0 radical (unpaired) electrons. The Labute approximate surface area is 249 Å². The third-order valence-electron chi connectivity index (χ3n) is 7.03. The van der Waals surface area contributed by atoms with Gasteiger partial charge in [0.05, 0.1) is 30.2 Å². The molecule has 4 aromatic heterocycles. The smallest absolute Gasteiger partial charge is 0.420 e. The Morgan fingerprint density at radius 1 is 1.05 bits per heavy atom. The van der Waals surface area contributed by atoms with Gasteiger partial charge in [0, 0.05) is 48.9 Å². The van der Waals surface area contributed by atoms with Gasteiger partial charge in [-0.3, -0.25) is 19.8 Å². The number of carbonyl (C=O) groups is 1. The second kappa shape index (κ2) is 12.9. The van der Waals surface area contributed by atoms with E-state index in [1.807, 2.05) is 6.92 Å². The normalized spacial score (nSPS) is 17.0. The van der Waals surface area contributed by atoms with E-state index in [0.29, 0.717) is 55.6 Å². The number of H-pyrrole nitrogens is 1. The lowest BCUT2D eigenvalue weighted by Gasteiger charge is -2.36. The van der Waals surface area contributed by atoms with Crippen molar-refractivity contribution in [1.82, 2.24) is 40.1 Å². The van der Waals surface area contributed by atoms with Crippen molar-refractivity contribution in [2.75, 3.05) is 17.3 Å². The van der Waals surface area contributed by atoms with Crippen LogP contribution in [0, 0.1) is 0 Å². The number of methoxy groups -OCH3 is 1. The van der Waals surface area contributed by atoms with Gasteiger partial charge in [-0.25, -0.2) is 24.9 Å². The summed E-state index contributed by atoms with van der Waals surface area (Å²) in [6.45, 7) is 1.93. The number of halogens is 4. The van der Waals surface area contributed by atoms with Gasteiger partial charge in [-0.1, -0.05) is 18.5 Å². The number of amides is 1. The van der Waals surface area contributed by atoms with E-state index in [-0.39, 0.29) is 40.7 Å². The van der Waals surface area contributed by atoms with Crippen LogP contribution in [0.15, 0.2) is 37.2 Å². The molecule has 1 aliphatic carbocycles. The average molecular weight is 617 g/mol. The highest BCUT2D eigenvalue weighted by Gasteiger charge is 2.37. The molecule has 1 aliphatic rings. The molecule has 0 atom stereocenters. The monoisotopic (exact) mass is 616 g/mol. The molecule has 12 nitrogen and oxygen atoms in total. The molecule has 0 unspecified atom stereocenters. The van der Waals surface area contributed by atoms with E-state index in [4.69, 9.17) is 16.3 Å². The predicted molar refractivity (Wildman–Crippen MR) is 151 cm³/mol. The molecule has 4 aromatic rings. The molecule has 16 heteroatoms. The number of anilines is 2. The molecule has 0 spiro atoms. The summed E-state index contributed by atoms with van der Waals surface area (Å²) >= 11 is 6.04. The predicted octanol–water partition coefficient (Wildman–Crippen LogP) is 5.35. The van der Waals surface area contributed by atoms with Crippen LogP contribution in [0.25, 0.3) is 22.6 Å². The summed E-state index contributed by atoms with van der Waals surface area (Å²) in [6.07, 6.45) is 7.15. The first-order chi connectivity index (χ1) is 20.7.